The monoisotopic (exact) mass is 715 g/mol. The molecule has 264 valence electrons. The van der Waals surface area contributed by atoms with Crippen molar-refractivity contribution in [1.29, 1.82) is 0 Å². The zero-order valence-corrected chi connectivity index (χ0v) is 31.2. The summed E-state index contributed by atoms with van der Waals surface area (Å²) in [6, 6.07) is 67.7. The number of fused-ring (bicyclic) bond motifs is 7. The van der Waals surface area contributed by atoms with Crippen LogP contribution in [0.15, 0.2) is 188 Å². The van der Waals surface area contributed by atoms with Gasteiger partial charge >= 0.3 is 0 Å². The van der Waals surface area contributed by atoms with E-state index in [0.29, 0.717) is 17.5 Å². The highest BCUT2D eigenvalue weighted by molar-refractivity contribution is 6.07. The minimum Gasteiger partial charge on any atom is -0.208 e. The van der Waals surface area contributed by atoms with Gasteiger partial charge in [-0.15, -0.1) is 0 Å². The zero-order valence-electron chi connectivity index (χ0n) is 31.2. The van der Waals surface area contributed by atoms with Gasteiger partial charge in [0.05, 0.1) is 5.41 Å². The van der Waals surface area contributed by atoms with Crippen molar-refractivity contribution in [2.24, 2.45) is 0 Å². The lowest BCUT2D eigenvalue weighted by molar-refractivity contribution is 0.661. The molecule has 0 N–H and O–H groups in total. The Balaban J connectivity index is 1.21. The standard InChI is InChI=1S/C53H37N3/c1-52(2)43-28-16-15-27-42(43)47-46(52)32-35-20-12-13-25-39(35)48(47)51-55-49(34-18-6-3-7-19-34)54-50(56-51)36-30-31-41-40-26-14-17-29-44(40)53(45(41)33-36,37-21-8-4-9-22-37)38-23-10-5-11-24-38/h3-33H,1-2H3. The second-order valence-corrected chi connectivity index (χ2v) is 15.5. The van der Waals surface area contributed by atoms with Gasteiger partial charge in [0.1, 0.15) is 0 Å². The fraction of sp³-hybridized carbons (Fsp3) is 0.0755. The van der Waals surface area contributed by atoms with E-state index in [-0.39, 0.29) is 5.41 Å². The molecule has 0 atom stereocenters. The lowest BCUT2D eigenvalue weighted by atomic mass is 9.67. The van der Waals surface area contributed by atoms with E-state index in [2.05, 4.69) is 184 Å². The summed E-state index contributed by atoms with van der Waals surface area (Å²) in [5, 5.41) is 2.31. The number of rotatable bonds is 5. The molecule has 3 nitrogen and oxygen atoms in total. The number of nitrogens with zero attached hydrogens (tertiary/aromatic N) is 3. The maximum Gasteiger partial charge on any atom is 0.165 e. The van der Waals surface area contributed by atoms with E-state index in [1.165, 1.54) is 61.0 Å². The molecule has 0 saturated carbocycles. The molecule has 11 rings (SSSR count). The molecular weight excluding hydrogens is 679 g/mol. The molecule has 1 aromatic heterocycles. The molecule has 0 radical (unpaired) electrons. The van der Waals surface area contributed by atoms with Crippen LogP contribution < -0.4 is 0 Å². The Labute approximate surface area is 327 Å². The van der Waals surface area contributed by atoms with Crippen LogP contribution in [0.25, 0.3) is 67.2 Å². The first kappa shape index (κ1) is 32.5. The molecule has 3 heteroatoms. The lowest BCUT2D eigenvalue weighted by Crippen LogP contribution is -2.28. The zero-order chi connectivity index (χ0) is 37.4. The molecule has 0 amide bonds. The Morgan fingerprint density at radius 2 is 0.893 bits per heavy atom. The van der Waals surface area contributed by atoms with Crippen molar-refractivity contribution in [3.63, 3.8) is 0 Å². The van der Waals surface area contributed by atoms with Gasteiger partial charge in [0.15, 0.2) is 17.5 Å². The van der Waals surface area contributed by atoms with Crippen LogP contribution in [0.2, 0.25) is 0 Å². The highest BCUT2D eigenvalue weighted by Crippen LogP contribution is 2.57. The maximum atomic E-state index is 5.49. The van der Waals surface area contributed by atoms with E-state index < -0.39 is 5.41 Å². The third-order valence-corrected chi connectivity index (χ3v) is 12.2. The molecule has 2 aliphatic rings. The van der Waals surface area contributed by atoms with Crippen LogP contribution in [0, 0.1) is 0 Å². The smallest absolute Gasteiger partial charge is 0.165 e. The SMILES string of the molecule is CC1(C)c2ccccc2-c2c1cc1ccccc1c2-c1nc(-c2ccccc2)nc(-c2ccc3c(c2)C(c2ccccc2)(c2ccccc2)c2ccccc2-3)n1. The molecule has 0 aliphatic heterocycles. The first-order chi connectivity index (χ1) is 27.5. The summed E-state index contributed by atoms with van der Waals surface area (Å²) in [6.07, 6.45) is 0. The van der Waals surface area contributed by atoms with Crippen molar-refractivity contribution in [2.45, 2.75) is 24.7 Å². The number of hydrogen-bond donors (Lipinski definition) is 0. The van der Waals surface area contributed by atoms with Crippen LogP contribution in [-0.4, -0.2) is 15.0 Å². The van der Waals surface area contributed by atoms with Crippen LogP contribution in [0.5, 0.6) is 0 Å². The van der Waals surface area contributed by atoms with Crippen molar-refractivity contribution >= 4 is 10.8 Å². The first-order valence-electron chi connectivity index (χ1n) is 19.4. The Morgan fingerprint density at radius 3 is 1.61 bits per heavy atom. The third-order valence-electron chi connectivity index (χ3n) is 12.2. The van der Waals surface area contributed by atoms with E-state index in [4.69, 9.17) is 15.0 Å². The van der Waals surface area contributed by atoms with Gasteiger partial charge in [0.2, 0.25) is 0 Å². The Hall–Kier alpha value is -6.97. The van der Waals surface area contributed by atoms with Crippen LogP contribution in [0.1, 0.15) is 47.2 Å². The summed E-state index contributed by atoms with van der Waals surface area (Å²) in [6.45, 7) is 4.66. The molecule has 2 aliphatic carbocycles. The highest BCUT2D eigenvalue weighted by Gasteiger charge is 2.46. The van der Waals surface area contributed by atoms with Gasteiger partial charge in [-0.1, -0.05) is 190 Å². The van der Waals surface area contributed by atoms with E-state index in [1.807, 2.05) is 18.2 Å². The molecule has 8 aromatic carbocycles. The number of hydrogen-bond acceptors (Lipinski definition) is 3. The largest absolute Gasteiger partial charge is 0.208 e. The molecule has 0 fully saturated rings. The van der Waals surface area contributed by atoms with Gasteiger partial charge in [0, 0.05) is 22.1 Å². The van der Waals surface area contributed by atoms with Gasteiger partial charge < -0.3 is 0 Å². The molecule has 0 spiro atoms. The van der Waals surface area contributed by atoms with Crippen molar-refractivity contribution in [3.8, 4) is 56.4 Å². The summed E-state index contributed by atoms with van der Waals surface area (Å²) in [7, 11) is 0. The molecule has 0 saturated heterocycles. The van der Waals surface area contributed by atoms with E-state index in [9.17, 15) is 0 Å². The fourth-order valence-electron chi connectivity index (χ4n) is 9.66. The summed E-state index contributed by atoms with van der Waals surface area (Å²) >= 11 is 0. The van der Waals surface area contributed by atoms with Gasteiger partial charge in [-0.05, 0) is 78.5 Å². The quantitative estimate of drug-likeness (QED) is 0.178. The van der Waals surface area contributed by atoms with E-state index >= 15 is 0 Å². The molecule has 56 heavy (non-hydrogen) atoms. The Kier molecular flexibility index (Phi) is 7.11. The molecule has 9 aromatic rings. The Bertz CT molecular complexity index is 2950. The van der Waals surface area contributed by atoms with Gasteiger partial charge in [-0.3, -0.25) is 0 Å². The van der Waals surface area contributed by atoms with E-state index in [1.54, 1.807) is 0 Å². The number of benzene rings is 8. The van der Waals surface area contributed by atoms with Crippen LogP contribution in [-0.2, 0) is 10.8 Å². The summed E-state index contributed by atoms with van der Waals surface area (Å²) in [5.74, 6) is 1.98. The predicted molar refractivity (Wildman–Crippen MR) is 229 cm³/mol. The minimum atomic E-state index is -0.533. The summed E-state index contributed by atoms with van der Waals surface area (Å²) in [4.78, 5) is 16.1. The number of aromatic nitrogens is 3. The Morgan fingerprint density at radius 1 is 0.357 bits per heavy atom. The van der Waals surface area contributed by atoms with Crippen LogP contribution >= 0.6 is 0 Å². The first-order valence-corrected chi connectivity index (χ1v) is 19.4. The highest BCUT2D eigenvalue weighted by atomic mass is 15.0. The maximum absolute atomic E-state index is 5.49. The fourth-order valence-corrected chi connectivity index (χ4v) is 9.66. The third kappa shape index (κ3) is 4.61. The van der Waals surface area contributed by atoms with Crippen molar-refractivity contribution in [2.75, 3.05) is 0 Å². The topological polar surface area (TPSA) is 38.7 Å². The summed E-state index contributed by atoms with van der Waals surface area (Å²) < 4.78 is 0. The van der Waals surface area contributed by atoms with Crippen molar-refractivity contribution < 1.29 is 0 Å². The van der Waals surface area contributed by atoms with E-state index in [0.717, 1.165) is 22.1 Å². The van der Waals surface area contributed by atoms with Gasteiger partial charge in [-0.2, -0.15) is 0 Å². The van der Waals surface area contributed by atoms with Crippen molar-refractivity contribution in [3.05, 3.63) is 221 Å². The average Bonchev–Trinajstić information content (AvgIpc) is 3.69. The normalized spacial score (nSPS) is 14.2. The molecule has 0 bridgehead atoms. The van der Waals surface area contributed by atoms with Gasteiger partial charge in [0.25, 0.3) is 0 Å². The average molecular weight is 716 g/mol. The summed E-state index contributed by atoms with van der Waals surface area (Å²) in [5.41, 5.74) is 14.7. The second-order valence-electron chi connectivity index (χ2n) is 15.5. The second kappa shape index (κ2) is 12.3. The van der Waals surface area contributed by atoms with Gasteiger partial charge in [-0.25, -0.2) is 15.0 Å². The molecule has 0 unspecified atom stereocenters. The van der Waals surface area contributed by atoms with Crippen LogP contribution in [0.3, 0.4) is 0 Å². The lowest BCUT2D eigenvalue weighted by Gasteiger charge is -2.34. The molecule has 1 heterocycles. The predicted octanol–water partition coefficient (Wildman–Crippen LogP) is 12.7. The van der Waals surface area contributed by atoms with Crippen molar-refractivity contribution in [1.82, 2.24) is 15.0 Å². The minimum absolute atomic E-state index is 0.184. The van der Waals surface area contributed by atoms with Crippen LogP contribution in [0.4, 0.5) is 0 Å². The molecular formula is C53H37N3.